The Morgan fingerprint density at radius 1 is 1.67 bits per heavy atom. The number of amides is 1. The van der Waals surface area contributed by atoms with Gasteiger partial charge in [-0.2, -0.15) is 0 Å². The highest BCUT2D eigenvalue weighted by Gasteiger charge is 2.46. The molecule has 0 aromatic rings. The Kier molecular flexibility index (Phi) is 3.14. The van der Waals surface area contributed by atoms with Gasteiger partial charge in [-0.25, -0.2) is 4.79 Å². The zero-order valence-corrected chi connectivity index (χ0v) is 8.90. The lowest BCUT2D eigenvalue weighted by Gasteiger charge is -2.30. The third-order valence-corrected chi connectivity index (χ3v) is 2.41. The summed E-state index contributed by atoms with van der Waals surface area (Å²) in [5.41, 5.74) is -0.937. The van der Waals surface area contributed by atoms with Crippen molar-refractivity contribution in [3.63, 3.8) is 0 Å². The van der Waals surface area contributed by atoms with Crippen LogP contribution >= 0.6 is 0 Å². The van der Waals surface area contributed by atoms with E-state index in [4.69, 9.17) is 9.84 Å². The molecule has 0 saturated carbocycles. The second kappa shape index (κ2) is 4.02. The van der Waals surface area contributed by atoms with E-state index in [1.165, 1.54) is 6.08 Å². The molecule has 1 amide bonds. The summed E-state index contributed by atoms with van der Waals surface area (Å²) in [6.45, 7) is 6.82. The van der Waals surface area contributed by atoms with E-state index in [1.807, 2.05) is 0 Å². The zero-order valence-electron chi connectivity index (χ0n) is 8.90. The molecule has 5 nitrogen and oxygen atoms in total. The molecule has 0 aromatic heterocycles. The van der Waals surface area contributed by atoms with E-state index >= 15 is 0 Å². The fourth-order valence-corrected chi connectivity index (χ4v) is 1.68. The number of Topliss-reactive ketones (excluding diaryl/α,β-unsaturated/α-hetero) is 1. The molecule has 1 aliphatic rings. The molecule has 0 bridgehead atoms. The van der Waals surface area contributed by atoms with E-state index in [2.05, 4.69) is 6.58 Å². The van der Waals surface area contributed by atoms with Crippen LogP contribution in [0.5, 0.6) is 0 Å². The molecule has 1 rings (SSSR count). The van der Waals surface area contributed by atoms with Gasteiger partial charge in [0.15, 0.2) is 5.78 Å². The molecule has 1 heterocycles. The molecular weight excluding hydrogens is 198 g/mol. The highest BCUT2D eigenvalue weighted by molar-refractivity contribution is 5.88. The number of hydrogen-bond acceptors (Lipinski definition) is 3. The monoisotopic (exact) mass is 213 g/mol. The van der Waals surface area contributed by atoms with E-state index in [-0.39, 0.29) is 18.8 Å². The van der Waals surface area contributed by atoms with Crippen LogP contribution in [0, 0.1) is 0 Å². The zero-order chi connectivity index (χ0) is 11.6. The number of carboxylic acid groups (broad SMARTS) is 1. The maximum atomic E-state index is 11.6. The number of carbonyl (C=O) groups is 2. The highest BCUT2D eigenvalue weighted by Crippen LogP contribution is 2.28. The molecule has 0 aromatic carbocycles. The first kappa shape index (κ1) is 11.7. The van der Waals surface area contributed by atoms with Crippen LogP contribution in [0.2, 0.25) is 0 Å². The van der Waals surface area contributed by atoms with Gasteiger partial charge in [-0.3, -0.25) is 9.69 Å². The Morgan fingerprint density at radius 3 is 2.73 bits per heavy atom. The van der Waals surface area contributed by atoms with Crippen molar-refractivity contribution in [1.82, 2.24) is 4.90 Å². The fraction of sp³-hybridized carbons (Fsp3) is 0.600. The quantitative estimate of drug-likeness (QED) is 0.716. The number of hydrogen-bond donors (Lipinski definition) is 1. The Hall–Kier alpha value is -1.36. The van der Waals surface area contributed by atoms with Gasteiger partial charge in [-0.05, 0) is 13.8 Å². The summed E-state index contributed by atoms with van der Waals surface area (Å²) in [4.78, 5) is 23.7. The van der Waals surface area contributed by atoms with Crippen LogP contribution < -0.4 is 0 Å². The topological polar surface area (TPSA) is 66.8 Å². The Bertz CT molecular complexity index is 298. The van der Waals surface area contributed by atoms with Crippen molar-refractivity contribution in [1.29, 1.82) is 0 Å². The van der Waals surface area contributed by atoms with Crippen molar-refractivity contribution in [2.24, 2.45) is 0 Å². The molecule has 15 heavy (non-hydrogen) atoms. The van der Waals surface area contributed by atoms with Crippen molar-refractivity contribution < 1.29 is 19.4 Å². The average molecular weight is 213 g/mol. The fourth-order valence-electron chi connectivity index (χ4n) is 1.68. The first-order valence-electron chi connectivity index (χ1n) is 4.70. The number of ether oxygens (including phenoxy) is 1. The number of ketones is 1. The summed E-state index contributed by atoms with van der Waals surface area (Å²) in [7, 11) is 0. The lowest BCUT2D eigenvalue weighted by molar-refractivity contribution is -0.122. The van der Waals surface area contributed by atoms with Crippen LogP contribution in [-0.4, -0.2) is 40.3 Å². The summed E-state index contributed by atoms with van der Waals surface area (Å²) in [5, 5.41) is 9.00. The first-order valence-corrected chi connectivity index (χ1v) is 4.70. The molecule has 1 N–H and O–H groups in total. The van der Waals surface area contributed by atoms with Gasteiger partial charge < -0.3 is 9.84 Å². The second-order valence-electron chi connectivity index (χ2n) is 3.89. The van der Waals surface area contributed by atoms with Crippen LogP contribution in [0.3, 0.4) is 0 Å². The predicted octanol–water partition coefficient (Wildman–Crippen LogP) is 1.25. The highest BCUT2D eigenvalue weighted by atomic mass is 16.5. The van der Waals surface area contributed by atoms with Crippen LogP contribution in [-0.2, 0) is 9.53 Å². The number of nitrogens with zero attached hydrogens (tertiary/aromatic N) is 1. The SMILES string of the molecule is C=CCC(=O)[C@H]1COC(C)(C)N1C(=O)O. The van der Waals surface area contributed by atoms with Gasteiger partial charge in [-0.15, -0.1) is 6.58 Å². The van der Waals surface area contributed by atoms with Crippen molar-refractivity contribution in [2.45, 2.75) is 32.0 Å². The van der Waals surface area contributed by atoms with Crippen molar-refractivity contribution >= 4 is 11.9 Å². The minimum absolute atomic E-state index is 0.117. The molecule has 0 spiro atoms. The van der Waals surface area contributed by atoms with E-state index in [0.29, 0.717) is 0 Å². The smallest absolute Gasteiger partial charge is 0.410 e. The van der Waals surface area contributed by atoms with Gasteiger partial charge in [0, 0.05) is 6.42 Å². The van der Waals surface area contributed by atoms with Crippen molar-refractivity contribution in [2.75, 3.05) is 6.61 Å². The van der Waals surface area contributed by atoms with E-state index in [9.17, 15) is 9.59 Å². The number of allylic oxidation sites excluding steroid dienone is 1. The van der Waals surface area contributed by atoms with Gasteiger partial charge in [0.2, 0.25) is 0 Å². The molecule has 1 fully saturated rings. The van der Waals surface area contributed by atoms with E-state index in [0.717, 1.165) is 4.90 Å². The second-order valence-corrected chi connectivity index (χ2v) is 3.89. The predicted molar refractivity (Wildman–Crippen MR) is 53.5 cm³/mol. The minimum Gasteiger partial charge on any atom is -0.465 e. The lowest BCUT2D eigenvalue weighted by Crippen LogP contribution is -2.49. The standard InChI is InChI=1S/C10H15NO4/c1-4-5-8(12)7-6-15-10(2,3)11(7)9(13)14/h4,7H,1,5-6H2,2-3H3,(H,13,14)/t7-/m1/s1. The lowest BCUT2D eigenvalue weighted by atomic mass is 10.1. The summed E-state index contributed by atoms with van der Waals surface area (Å²) in [6.07, 6.45) is 0.488. The van der Waals surface area contributed by atoms with Crippen molar-refractivity contribution in [3.05, 3.63) is 12.7 Å². The third-order valence-electron chi connectivity index (χ3n) is 2.41. The Labute approximate surface area is 88.3 Å². The molecule has 5 heteroatoms. The van der Waals surface area contributed by atoms with Gasteiger partial charge in [0.1, 0.15) is 11.8 Å². The van der Waals surface area contributed by atoms with Crippen LogP contribution in [0.4, 0.5) is 4.79 Å². The van der Waals surface area contributed by atoms with Crippen LogP contribution in [0.25, 0.3) is 0 Å². The van der Waals surface area contributed by atoms with Gasteiger partial charge >= 0.3 is 6.09 Å². The number of carbonyl (C=O) groups excluding carboxylic acids is 1. The van der Waals surface area contributed by atoms with Gasteiger partial charge in [0.05, 0.1) is 6.61 Å². The minimum atomic E-state index is -1.14. The Morgan fingerprint density at radius 2 is 2.27 bits per heavy atom. The molecule has 1 atom stereocenters. The van der Waals surface area contributed by atoms with Crippen LogP contribution in [0.1, 0.15) is 20.3 Å². The van der Waals surface area contributed by atoms with E-state index in [1.54, 1.807) is 13.8 Å². The Balaban J connectivity index is 2.87. The van der Waals surface area contributed by atoms with Crippen molar-refractivity contribution in [3.8, 4) is 0 Å². The maximum Gasteiger partial charge on any atom is 0.410 e. The average Bonchev–Trinajstić information content (AvgIpc) is 2.41. The normalized spacial score (nSPS) is 23.9. The molecule has 0 radical (unpaired) electrons. The molecular formula is C10H15NO4. The molecule has 0 unspecified atom stereocenters. The summed E-state index contributed by atoms with van der Waals surface area (Å²) < 4.78 is 5.28. The van der Waals surface area contributed by atoms with Gasteiger partial charge in [-0.1, -0.05) is 6.08 Å². The molecule has 1 saturated heterocycles. The summed E-state index contributed by atoms with van der Waals surface area (Å²) in [5.74, 6) is -0.182. The molecule has 1 aliphatic heterocycles. The van der Waals surface area contributed by atoms with E-state index < -0.39 is 17.9 Å². The van der Waals surface area contributed by atoms with Crippen LogP contribution in [0.15, 0.2) is 12.7 Å². The first-order chi connectivity index (χ1) is 6.90. The summed E-state index contributed by atoms with van der Waals surface area (Å²) >= 11 is 0. The maximum absolute atomic E-state index is 11.6. The van der Waals surface area contributed by atoms with Gasteiger partial charge in [0.25, 0.3) is 0 Å². The molecule has 0 aliphatic carbocycles. The summed E-state index contributed by atoms with van der Waals surface area (Å²) in [6, 6.07) is -0.713. The molecule has 84 valence electrons. The third kappa shape index (κ3) is 2.18. The number of rotatable bonds is 3. The largest absolute Gasteiger partial charge is 0.465 e.